The minimum absolute atomic E-state index is 0.0758. The highest BCUT2D eigenvalue weighted by Crippen LogP contribution is 2.29. The summed E-state index contributed by atoms with van der Waals surface area (Å²) >= 11 is 3.13. The van der Waals surface area contributed by atoms with Crippen molar-refractivity contribution in [2.75, 3.05) is 7.05 Å². The summed E-state index contributed by atoms with van der Waals surface area (Å²) in [5.41, 5.74) is 5.45. The summed E-state index contributed by atoms with van der Waals surface area (Å²) < 4.78 is 31.8. The van der Waals surface area contributed by atoms with Crippen molar-refractivity contribution in [2.24, 2.45) is 11.7 Å². The van der Waals surface area contributed by atoms with Crippen molar-refractivity contribution in [2.45, 2.75) is 44.7 Å². The third kappa shape index (κ3) is 3.81. The molecule has 7 heteroatoms. The molecule has 1 rings (SSSR count). The highest BCUT2D eigenvalue weighted by Gasteiger charge is 2.30. The van der Waals surface area contributed by atoms with Crippen LogP contribution < -0.4 is 5.73 Å². The molecule has 0 saturated heterocycles. The Labute approximate surface area is 123 Å². The average molecular weight is 353 g/mol. The highest BCUT2D eigenvalue weighted by molar-refractivity contribution is 9.10. The summed E-state index contributed by atoms with van der Waals surface area (Å²) in [4.78, 5) is 0.131. The fourth-order valence-electron chi connectivity index (χ4n) is 1.90. The van der Waals surface area contributed by atoms with Crippen LogP contribution in [0.25, 0.3) is 0 Å². The molecule has 0 saturated carbocycles. The second-order valence-corrected chi connectivity index (χ2v) is 7.74. The number of nitrogens with zero attached hydrogens (tertiary/aromatic N) is 1. The second-order valence-electron chi connectivity index (χ2n) is 5.05. The molecule has 0 aliphatic carbocycles. The largest absolute Gasteiger partial charge is 0.452 e. The Hall–Kier alpha value is -0.370. The molecule has 0 aliphatic rings. The van der Waals surface area contributed by atoms with E-state index in [1.165, 1.54) is 10.4 Å². The number of hydrogen-bond donors (Lipinski definition) is 1. The molecule has 0 radical (unpaired) electrons. The van der Waals surface area contributed by atoms with E-state index < -0.39 is 10.0 Å². The van der Waals surface area contributed by atoms with Gasteiger partial charge in [-0.3, -0.25) is 0 Å². The van der Waals surface area contributed by atoms with Gasteiger partial charge in [0, 0.05) is 19.2 Å². The Kier molecular flexibility index (Phi) is 5.61. The molecule has 1 unspecified atom stereocenters. The first-order valence-corrected chi connectivity index (χ1v) is 8.39. The lowest BCUT2D eigenvalue weighted by Crippen LogP contribution is -2.35. The summed E-state index contributed by atoms with van der Waals surface area (Å²) in [7, 11) is -1.98. The van der Waals surface area contributed by atoms with Gasteiger partial charge in [-0.05, 0) is 35.2 Å². The molecule has 2 N–H and O–H groups in total. The zero-order valence-electron chi connectivity index (χ0n) is 11.7. The van der Waals surface area contributed by atoms with Crippen molar-refractivity contribution in [3.8, 4) is 0 Å². The molecule has 19 heavy (non-hydrogen) atoms. The van der Waals surface area contributed by atoms with E-state index in [0.29, 0.717) is 11.7 Å². The SMILES string of the molecule is CC(C)CC(C)N(C)S(=O)(=O)c1cc(CN)oc1Br. The van der Waals surface area contributed by atoms with Crippen molar-refractivity contribution in [3.05, 3.63) is 16.5 Å². The van der Waals surface area contributed by atoms with Gasteiger partial charge in [-0.1, -0.05) is 13.8 Å². The van der Waals surface area contributed by atoms with Crippen LogP contribution in [0.5, 0.6) is 0 Å². The van der Waals surface area contributed by atoms with Crippen LogP contribution in [-0.4, -0.2) is 25.8 Å². The molecule has 0 amide bonds. The molecule has 1 heterocycles. The van der Waals surface area contributed by atoms with Crippen LogP contribution in [0.15, 0.2) is 20.0 Å². The molecule has 1 aromatic rings. The van der Waals surface area contributed by atoms with Crippen LogP contribution in [0, 0.1) is 5.92 Å². The molecule has 0 aliphatic heterocycles. The van der Waals surface area contributed by atoms with Gasteiger partial charge in [0.1, 0.15) is 10.7 Å². The predicted molar refractivity (Wildman–Crippen MR) is 78.2 cm³/mol. The number of furan rings is 1. The zero-order chi connectivity index (χ0) is 14.8. The molecule has 0 fully saturated rings. The number of rotatable bonds is 6. The maximum atomic E-state index is 12.5. The number of hydrogen-bond acceptors (Lipinski definition) is 4. The van der Waals surface area contributed by atoms with Crippen LogP contribution in [0.1, 0.15) is 33.0 Å². The van der Waals surface area contributed by atoms with Gasteiger partial charge >= 0.3 is 0 Å². The van der Waals surface area contributed by atoms with E-state index in [-0.39, 0.29) is 22.2 Å². The van der Waals surface area contributed by atoms with Gasteiger partial charge in [0.05, 0.1) is 6.54 Å². The van der Waals surface area contributed by atoms with Crippen LogP contribution in [0.4, 0.5) is 0 Å². The fraction of sp³-hybridized carbons (Fsp3) is 0.667. The quantitative estimate of drug-likeness (QED) is 0.853. The summed E-state index contributed by atoms with van der Waals surface area (Å²) in [6, 6.07) is 1.39. The van der Waals surface area contributed by atoms with Crippen LogP contribution in [-0.2, 0) is 16.6 Å². The summed E-state index contributed by atoms with van der Waals surface area (Å²) in [5.74, 6) is 0.871. The van der Waals surface area contributed by atoms with E-state index in [9.17, 15) is 8.42 Å². The molecule has 5 nitrogen and oxygen atoms in total. The van der Waals surface area contributed by atoms with Crippen LogP contribution >= 0.6 is 15.9 Å². The van der Waals surface area contributed by atoms with Crippen LogP contribution in [0.3, 0.4) is 0 Å². The first kappa shape index (κ1) is 16.7. The smallest absolute Gasteiger partial charge is 0.247 e. The molecule has 110 valence electrons. The van der Waals surface area contributed by atoms with E-state index in [1.54, 1.807) is 7.05 Å². The Morgan fingerprint density at radius 1 is 1.42 bits per heavy atom. The lowest BCUT2D eigenvalue weighted by Gasteiger charge is -2.25. The topological polar surface area (TPSA) is 76.5 Å². The molecular weight excluding hydrogens is 332 g/mol. The number of sulfonamides is 1. The highest BCUT2D eigenvalue weighted by atomic mass is 79.9. The molecular formula is C12H21BrN2O3S. The van der Waals surface area contributed by atoms with Crippen LogP contribution in [0.2, 0.25) is 0 Å². The standard InChI is InChI=1S/C12H21BrN2O3S/c1-8(2)5-9(3)15(4)19(16,17)11-6-10(7-14)18-12(11)13/h6,8-9H,5,7,14H2,1-4H3. The Morgan fingerprint density at radius 2 is 2.00 bits per heavy atom. The summed E-state index contributed by atoms with van der Waals surface area (Å²) in [6.07, 6.45) is 0.801. The van der Waals surface area contributed by atoms with E-state index in [1.807, 2.05) is 6.92 Å². The van der Waals surface area contributed by atoms with Crippen molar-refractivity contribution in [1.29, 1.82) is 0 Å². The van der Waals surface area contributed by atoms with Crippen molar-refractivity contribution in [1.82, 2.24) is 4.31 Å². The van der Waals surface area contributed by atoms with E-state index in [2.05, 4.69) is 29.8 Å². The minimum atomic E-state index is -3.57. The maximum absolute atomic E-state index is 12.5. The van der Waals surface area contributed by atoms with Gasteiger partial charge in [0.2, 0.25) is 10.0 Å². The van der Waals surface area contributed by atoms with Gasteiger partial charge < -0.3 is 10.2 Å². The van der Waals surface area contributed by atoms with Crippen molar-refractivity contribution in [3.63, 3.8) is 0 Å². The van der Waals surface area contributed by atoms with E-state index >= 15 is 0 Å². The molecule has 0 aromatic carbocycles. The maximum Gasteiger partial charge on any atom is 0.247 e. The van der Waals surface area contributed by atoms with E-state index in [0.717, 1.165) is 6.42 Å². The third-order valence-corrected chi connectivity index (χ3v) is 5.83. The van der Waals surface area contributed by atoms with Gasteiger partial charge in [0.15, 0.2) is 4.67 Å². The lowest BCUT2D eigenvalue weighted by molar-refractivity contribution is 0.337. The third-order valence-electron chi connectivity index (χ3n) is 3.00. The first-order valence-electron chi connectivity index (χ1n) is 6.16. The Morgan fingerprint density at radius 3 is 2.42 bits per heavy atom. The average Bonchev–Trinajstić information content (AvgIpc) is 2.69. The number of halogens is 1. The predicted octanol–water partition coefficient (Wildman–Crippen LogP) is 2.56. The molecule has 0 spiro atoms. The van der Waals surface area contributed by atoms with Gasteiger partial charge in [-0.15, -0.1) is 0 Å². The first-order chi connectivity index (χ1) is 8.70. The minimum Gasteiger partial charge on any atom is -0.452 e. The molecule has 1 aromatic heterocycles. The molecule has 1 atom stereocenters. The normalized spacial score (nSPS) is 14.3. The Balaban J connectivity index is 3.05. The van der Waals surface area contributed by atoms with Crippen molar-refractivity contribution >= 4 is 26.0 Å². The number of nitrogens with two attached hydrogens (primary N) is 1. The van der Waals surface area contributed by atoms with Gasteiger partial charge in [-0.25, -0.2) is 8.42 Å². The summed E-state index contributed by atoms with van der Waals surface area (Å²) in [5, 5.41) is 0. The monoisotopic (exact) mass is 352 g/mol. The van der Waals surface area contributed by atoms with E-state index in [4.69, 9.17) is 10.2 Å². The molecule has 0 bridgehead atoms. The van der Waals surface area contributed by atoms with Gasteiger partial charge in [0.25, 0.3) is 0 Å². The summed E-state index contributed by atoms with van der Waals surface area (Å²) in [6.45, 7) is 6.20. The Bertz CT molecular complexity index is 525. The lowest BCUT2D eigenvalue weighted by atomic mass is 10.1. The van der Waals surface area contributed by atoms with Crippen molar-refractivity contribution < 1.29 is 12.8 Å². The van der Waals surface area contributed by atoms with Gasteiger partial charge in [-0.2, -0.15) is 4.31 Å². The zero-order valence-corrected chi connectivity index (χ0v) is 14.1. The second kappa shape index (κ2) is 6.39. The fourth-order valence-corrected chi connectivity index (χ4v) is 4.23.